The van der Waals surface area contributed by atoms with Gasteiger partial charge >= 0.3 is 0 Å². The average molecular weight is 405 g/mol. The molecule has 2 amide bonds. The van der Waals surface area contributed by atoms with Gasteiger partial charge in [-0.2, -0.15) is 0 Å². The zero-order valence-corrected chi connectivity index (χ0v) is 16.1. The molecule has 0 aliphatic rings. The van der Waals surface area contributed by atoms with Gasteiger partial charge in [0.05, 0.1) is 11.5 Å². The van der Waals surface area contributed by atoms with Crippen LogP contribution in [0.1, 0.15) is 15.9 Å². The first-order valence-corrected chi connectivity index (χ1v) is 9.08. The number of hydrogen-bond donors (Lipinski definition) is 2. The summed E-state index contributed by atoms with van der Waals surface area (Å²) in [5.41, 5.74) is 1.59. The van der Waals surface area contributed by atoms with Crippen molar-refractivity contribution in [2.75, 3.05) is 11.9 Å². The van der Waals surface area contributed by atoms with Crippen molar-refractivity contribution < 1.29 is 19.2 Å². The molecule has 0 saturated carbocycles. The molecule has 8 nitrogen and oxygen atoms in total. The van der Waals surface area contributed by atoms with Gasteiger partial charge in [-0.1, -0.05) is 23.8 Å². The highest BCUT2D eigenvalue weighted by molar-refractivity contribution is 5.99. The van der Waals surface area contributed by atoms with Gasteiger partial charge < -0.3 is 15.4 Å². The molecule has 0 unspecified atom stereocenters. The minimum absolute atomic E-state index is 0.106. The Morgan fingerprint density at radius 2 is 1.60 bits per heavy atom. The van der Waals surface area contributed by atoms with Crippen LogP contribution in [0.5, 0.6) is 11.5 Å². The lowest BCUT2D eigenvalue weighted by Gasteiger charge is -2.09. The van der Waals surface area contributed by atoms with E-state index in [2.05, 4.69) is 10.6 Å². The first-order chi connectivity index (χ1) is 14.4. The molecule has 0 aliphatic heterocycles. The van der Waals surface area contributed by atoms with Crippen LogP contribution < -0.4 is 15.4 Å². The second-order valence-electron chi connectivity index (χ2n) is 6.48. The molecule has 0 fully saturated rings. The fourth-order valence-electron chi connectivity index (χ4n) is 2.58. The number of hydrogen-bond acceptors (Lipinski definition) is 5. The van der Waals surface area contributed by atoms with E-state index in [1.54, 1.807) is 24.3 Å². The highest BCUT2D eigenvalue weighted by atomic mass is 16.6. The summed E-state index contributed by atoms with van der Waals surface area (Å²) in [6, 6.07) is 19.7. The summed E-state index contributed by atoms with van der Waals surface area (Å²) in [4.78, 5) is 34.3. The third-order valence-electron chi connectivity index (χ3n) is 4.12. The van der Waals surface area contributed by atoms with E-state index in [4.69, 9.17) is 4.74 Å². The summed E-state index contributed by atoms with van der Waals surface area (Å²) >= 11 is 0. The molecule has 3 rings (SSSR count). The van der Waals surface area contributed by atoms with E-state index in [0.717, 1.165) is 11.6 Å². The summed E-state index contributed by atoms with van der Waals surface area (Å²) in [5.74, 6) is 0.328. The van der Waals surface area contributed by atoms with Gasteiger partial charge in [-0.15, -0.1) is 0 Å². The number of carbonyl (C=O) groups is 2. The number of carbonyl (C=O) groups excluding carboxylic acids is 2. The fourth-order valence-corrected chi connectivity index (χ4v) is 2.58. The van der Waals surface area contributed by atoms with Crippen molar-refractivity contribution in [1.29, 1.82) is 0 Å². The number of nitrogens with zero attached hydrogens (tertiary/aromatic N) is 1. The van der Waals surface area contributed by atoms with Gasteiger partial charge in [-0.3, -0.25) is 19.7 Å². The molecule has 0 bridgehead atoms. The second-order valence-corrected chi connectivity index (χ2v) is 6.48. The predicted molar refractivity (Wildman–Crippen MR) is 112 cm³/mol. The SMILES string of the molecule is Cc1ccc(Oc2ccc(NC(=O)CNC(=O)c3cccc([N+](=O)[O-])c3)cc2)cc1. The number of benzene rings is 3. The van der Waals surface area contributed by atoms with Crippen molar-refractivity contribution in [3.05, 3.63) is 94.0 Å². The van der Waals surface area contributed by atoms with Crippen LogP contribution in [0.4, 0.5) is 11.4 Å². The molecule has 8 heteroatoms. The summed E-state index contributed by atoms with van der Waals surface area (Å²) in [7, 11) is 0. The smallest absolute Gasteiger partial charge is 0.270 e. The molecule has 2 N–H and O–H groups in total. The van der Waals surface area contributed by atoms with Gasteiger partial charge in [0.1, 0.15) is 11.5 Å². The number of nitrogens with one attached hydrogen (secondary N) is 2. The molecule has 0 aliphatic carbocycles. The van der Waals surface area contributed by atoms with E-state index in [1.807, 2.05) is 31.2 Å². The largest absolute Gasteiger partial charge is 0.457 e. The monoisotopic (exact) mass is 405 g/mol. The van der Waals surface area contributed by atoms with Crippen LogP contribution in [0, 0.1) is 17.0 Å². The van der Waals surface area contributed by atoms with Crippen LogP contribution in [0.2, 0.25) is 0 Å². The maximum Gasteiger partial charge on any atom is 0.270 e. The van der Waals surface area contributed by atoms with E-state index < -0.39 is 16.7 Å². The van der Waals surface area contributed by atoms with E-state index >= 15 is 0 Å². The van der Waals surface area contributed by atoms with Gasteiger partial charge in [-0.05, 0) is 49.4 Å². The third kappa shape index (κ3) is 5.65. The Balaban J connectivity index is 1.51. The number of nitro groups is 1. The fraction of sp³-hybridized carbons (Fsp3) is 0.0909. The molecule has 0 heterocycles. The number of non-ortho nitro benzene ring substituents is 1. The van der Waals surface area contributed by atoms with Gasteiger partial charge in [0.25, 0.3) is 11.6 Å². The van der Waals surface area contributed by atoms with E-state index in [-0.39, 0.29) is 17.8 Å². The first kappa shape index (κ1) is 20.5. The Bertz CT molecular complexity index is 1060. The number of nitro benzene ring substituents is 1. The number of aryl methyl sites for hydroxylation is 1. The van der Waals surface area contributed by atoms with Crippen LogP contribution in [-0.4, -0.2) is 23.3 Å². The average Bonchev–Trinajstić information content (AvgIpc) is 2.75. The molecule has 0 atom stereocenters. The number of anilines is 1. The lowest BCUT2D eigenvalue weighted by Crippen LogP contribution is -2.32. The Labute approximate surface area is 172 Å². The normalized spacial score (nSPS) is 10.2. The van der Waals surface area contributed by atoms with Crippen LogP contribution in [0.3, 0.4) is 0 Å². The van der Waals surface area contributed by atoms with E-state index in [9.17, 15) is 19.7 Å². The summed E-state index contributed by atoms with van der Waals surface area (Å²) < 4.78 is 5.73. The zero-order chi connectivity index (χ0) is 21.5. The maximum absolute atomic E-state index is 12.1. The van der Waals surface area contributed by atoms with Crippen LogP contribution in [-0.2, 0) is 4.79 Å². The Morgan fingerprint density at radius 1 is 0.967 bits per heavy atom. The van der Waals surface area contributed by atoms with Gasteiger partial charge in [0, 0.05) is 23.4 Å². The van der Waals surface area contributed by atoms with Crippen molar-refractivity contribution >= 4 is 23.2 Å². The van der Waals surface area contributed by atoms with Crippen molar-refractivity contribution in [2.45, 2.75) is 6.92 Å². The van der Waals surface area contributed by atoms with E-state index in [0.29, 0.717) is 17.2 Å². The minimum Gasteiger partial charge on any atom is -0.457 e. The Morgan fingerprint density at radius 3 is 2.23 bits per heavy atom. The van der Waals surface area contributed by atoms with Crippen molar-refractivity contribution in [2.24, 2.45) is 0 Å². The molecule has 152 valence electrons. The third-order valence-corrected chi connectivity index (χ3v) is 4.12. The molecule has 3 aromatic carbocycles. The predicted octanol–water partition coefficient (Wildman–Crippen LogP) is 4.06. The van der Waals surface area contributed by atoms with Crippen LogP contribution in [0.15, 0.2) is 72.8 Å². The van der Waals surface area contributed by atoms with Gasteiger partial charge in [0.15, 0.2) is 0 Å². The minimum atomic E-state index is -0.588. The molecule has 0 spiro atoms. The molecule has 0 radical (unpaired) electrons. The number of rotatable bonds is 7. The summed E-state index contributed by atoms with van der Waals surface area (Å²) in [5, 5.41) is 15.9. The maximum atomic E-state index is 12.1. The van der Waals surface area contributed by atoms with Crippen molar-refractivity contribution in [3.63, 3.8) is 0 Å². The standard InChI is InChI=1S/C22H19N3O5/c1-15-5-9-19(10-6-15)30-20-11-7-17(8-12-20)24-21(26)14-23-22(27)16-3-2-4-18(13-16)25(28)29/h2-13H,14H2,1H3,(H,23,27)(H,24,26). The van der Waals surface area contributed by atoms with Crippen LogP contribution >= 0.6 is 0 Å². The second kappa shape index (κ2) is 9.33. The lowest BCUT2D eigenvalue weighted by molar-refractivity contribution is -0.384. The first-order valence-electron chi connectivity index (χ1n) is 9.08. The van der Waals surface area contributed by atoms with Gasteiger partial charge in [-0.25, -0.2) is 0 Å². The highest BCUT2D eigenvalue weighted by Gasteiger charge is 2.12. The van der Waals surface area contributed by atoms with Crippen molar-refractivity contribution in [1.82, 2.24) is 5.32 Å². The van der Waals surface area contributed by atoms with E-state index in [1.165, 1.54) is 18.2 Å². The van der Waals surface area contributed by atoms with Crippen LogP contribution in [0.25, 0.3) is 0 Å². The highest BCUT2D eigenvalue weighted by Crippen LogP contribution is 2.23. The summed E-state index contributed by atoms with van der Waals surface area (Å²) in [6.07, 6.45) is 0. The Kier molecular flexibility index (Phi) is 6.39. The molecular weight excluding hydrogens is 386 g/mol. The molecule has 3 aromatic rings. The molecular formula is C22H19N3O5. The lowest BCUT2D eigenvalue weighted by atomic mass is 10.2. The van der Waals surface area contributed by atoms with Gasteiger partial charge in [0.2, 0.25) is 5.91 Å². The van der Waals surface area contributed by atoms with Crippen molar-refractivity contribution in [3.8, 4) is 11.5 Å². The Hall–Kier alpha value is -4.20. The topological polar surface area (TPSA) is 111 Å². The molecule has 30 heavy (non-hydrogen) atoms. The number of amides is 2. The summed E-state index contributed by atoms with van der Waals surface area (Å²) in [6.45, 7) is 1.72. The zero-order valence-electron chi connectivity index (χ0n) is 16.1. The quantitative estimate of drug-likeness (QED) is 0.455. The molecule has 0 saturated heterocycles. The molecule has 0 aromatic heterocycles. The number of ether oxygens (including phenoxy) is 1.